The van der Waals surface area contributed by atoms with Gasteiger partial charge in [0.2, 0.25) is 0 Å². The number of alkyl carbamates (subject to hydrolysis) is 1. The van der Waals surface area contributed by atoms with Crippen molar-refractivity contribution in [2.75, 3.05) is 0 Å². The highest BCUT2D eigenvalue weighted by atomic mass is 16.5. The first kappa shape index (κ1) is 19.9. The number of carbonyl (C=O) groups is 2. The van der Waals surface area contributed by atoms with Gasteiger partial charge in [-0.2, -0.15) is 0 Å². The van der Waals surface area contributed by atoms with Gasteiger partial charge >= 0.3 is 12.1 Å². The molecule has 3 rings (SSSR count). The summed E-state index contributed by atoms with van der Waals surface area (Å²) in [5.74, 6) is -0.239. The fraction of sp³-hybridized carbons (Fsp3) is 0.391. The monoisotopic (exact) mass is 381 g/mol. The quantitative estimate of drug-likeness (QED) is 0.722. The third-order valence-electron chi connectivity index (χ3n) is 5.42. The lowest BCUT2D eigenvalue weighted by atomic mass is 9.83. The molecule has 2 aromatic rings. The van der Waals surface area contributed by atoms with Crippen molar-refractivity contribution in [1.82, 2.24) is 5.32 Å². The minimum Gasteiger partial charge on any atom is -0.478 e. The number of hydrogen-bond acceptors (Lipinski definition) is 3. The van der Waals surface area contributed by atoms with Crippen LogP contribution in [0.1, 0.15) is 53.6 Å². The lowest BCUT2D eigenvalue weighted by Gasteiger charge is -2.29. The Labute approximate surface area is 165 Å². The third kappa shape index (κ3) is 6.12. The van der Waals surface area contributed by atoms with Crippen molar-refractivity contribution in [3.8, 4) is 0 Å². The molecule has 28 heavy (non-hydrogen) atoms. The van der Waals surface area contributed by atoms with E-state index in [1.807, 2.05) is 42.5 Å². The van der Waals surface area contributed by atoms with Crippen LogP contribution in [0, 0.1) is 5.92 Å². The Morgan fingerprint density at radius 2 is 1.61 bits per heavy atom. The van der Waals surface area contributed by atoms with Gasteiger partial charge in [-0.1, -0.05) is 42.5 Å². The number of carboxylic acids is 1. The first-order valence-corrected chi connectivity index (χ1v) is 9.89. The lowest BCUT2D eigenvalue weighted by molar-refractivity contribution is 0.0696. The molecule has 148 valence electrons. The summed E-state index contributed by atoms with van der Waals surface area (Å²) in [5, 5.41) is 11.9. The summed E-state index contributed by atoms with van der Waals surface area (Å²) in [4.78, 5) is 22.9. The standard InChI is InChI=1S/C23H27NO4/c25-22(26)20-12-8-17(9-13-20)6-7-18-10-14-21(15-11-18)24-23(27)28-16-19-4-2-1-3-5-19/h1-5,8-9,12-13,18,21H,6-7,10-11,14-16H2,(H,24,27)(H,25,26). The number of aryl methyl sites for hydroxylation is 1. The Bertz CT molecular complexity index is 765. The van der Waals surface area contributed by atoms with Crippen molar-refractivity contribution in [2.45, 2.75) is 51.2 Å². The average molecular weight is 381 g/mol. The van der Waals surface area contributed by atoms with Crippen LogP contribution in [0.4, 0.5) is 4.79 Å². The lowest BCUT2D eigenvalue weighted by Crippen LogP contribution is -2.38. The van der Waals surface area contributed by atoms with Gasteiger partial charge in [0.1, 0.15) is 6.61 Å². The molecular weight excluding hydrogens is 354 g/mol. The highest BCUT2D eigenvalue weighted by Crippen LogP contribution is 2.28. The number of amides is 1. The van der Waals surface area contributed by atoms with Crippen molar-refractivity contribution in [3.63, 3.8) is 0 Å². The van der Waals surface area contributed by atoms with Gasteiger partial charge in [0.25, 0.3) is 0 Å². The molecule has 1 fully saturated rings. The predicted octanol–water partition coefficient (Wildman–Crippen LogP) is 4.80. The molecule has 1 aliphatic carbocycles. The second-order valence-electron chi connectivity index (χ2n) is 7.46. The summed E-state index contributed by atoms with van der Waals surface area (Å²) in [5.41, 5.74) is 2.49. The molecule has 0 aromatic heterocycles. The Hall–Kier alpha value is -2.82. The van der Waals surface area contributed by atoms with E-state index in [0.717, 1.165) is 44.1 Å². The van der Waals surface area contributed by atoms with E-state index in [-0.39, 0.29) is 12.1 Å². The molecule has 1 amide bonds. The van der Waals surface area contributed by atoms with Gasteiger partial charge in [-0.15, -0.1) is 0 Å². The first-order valence-electron chi connectivity index (χ1n) is 9.89. The van der Waals surface area contributed by atoms with Crippen LogP contribution in [0.5, 0.6) is 0 Å². The molecule has 0 atom stereocenters. The zero-order chi connectivity index (χ0) is 19.8. The number of aromatic carboxylic acids is 1. The van der Waals surface area contributed by atoms with Crippen LogP contribution in [0.2, 0.25) is 0 Å². The summed E-state index contributed by atoms with van der Waals surface area (Å²) < 4.78 is 5.30. The summed E-state index contributed by atoms with van der Waals surface area (Å²) in [7, 11) is 0. The van der Waals surface area contributed by atoms with Crippen LogP contribution in [0.25, 0.3) is 0 Å². The molecular formula is C23H27NO4. The van der Waals surface area contributed by atoms with Crippen LogP contribution in [-0.4, -0.2) is 23.2 Å². The van der Waals surface area contributed by atoms with E-state index in [1.54, 1.807) is 12.1 Å². The van der Waals surface area contributed by atoms with Crippen LogP contribution >= 0.6 is 0 Å². The molecule has 0 aliphatic heterocycles. The molecule has 0 radical (unpaired) electrons. The van der Waals surface area contributed by atoms with Gasteiger partial charge in [0.15, 0.2) is 0 Å². The molecule has 1 saturated carbocycles. The van der Waals surface area contributed by atoms with E-state index in [1.165, 1.54) is 5.56 Å². The minimum absolute atomic E-state index is 0.189. The van der Waals surface area contributed by atoms with Gasteiger partial charge in [-0.3, -0.25) is 0 Å². The van der Waals surface area contributed by atoms with Gasteiger partial charge in [-0.05, 0) is 67.7 Å². The molecule has 0 spiro atoms. The van der Waals surface area contributed by atoms with Crippen molar-refractivity contribution >= 4 is 12.1 Å². The number of nitrogens with one attached hydrogen (secondary N) is 1. The van der Waals surface area contributed by atoms with Crippen LogP contribution in [0.15, 0.2) is 54.6 Å². The van der Waals surface area contributed by atoms with Crippen molar-refractivity contribution in [1.29, 1.82) is 0 Å². The molecule has 2 aromatic carbocycles. The zero-order valence-electron chi connectivity index (χ0n) is 16.0. The Balaban J connectivity index is 1.33. The van der Waals surface area contributed by atoms with Crippen molar-refractivity contribution in [2.24, 2.45) is 5.92 Å². The predicted molar refractivity (Wildman–Crippen MR) is 107 cm³/mol. The number of hydrogen-bond donors (Lipinski definition) is 2. The smallest absolute Gasteiger partial charge is 0.407 e. The zero-order valence-corrected chi connectivity index (χ0v) is 16.0. The van der Waals surface area contributed by atoms with Crippen molar-refractivity contribution in [3.05, 3.63) is 71.3 Å². The molecule has 1 aliphatic rings. The third-order valence-corrected chi connectivity index (χ3v) is 5.42. The van der Waals surface area contributed by atoms with Gasteiger partial charge in [0.05, 0.1) is 5.56 Å². The largest absolute Gasteiger partial charge is 0.478 e. The maximum atomic E-state index is 12.0. The fourth-order valence-corrected chi connectivity index (χ4v) is 3.71. The molecule has 5 nitrogen and oxygen atoms in total. The average Bonchev–Trinajstić information content (AvgIpc) is 2.73. The Morgan fingerprint density at radius 3 is 2.25 bits per heavy atom. The van der Waals surface area contributed by atoms with Gasteiger partial charge in [0, 0.05) is 6.04 Å². The van der Waals surface area contributed by atoms with Gasteiger partial charge < -0.3 is 15.2 Å². The maximum Gasteiger partial charge on any atom is 0.407 e. The topological polar surface area (TPSA) is 75.6 Å². The first-order chi connectivity index (χ1) is 13.6. The fourth-order valence-electron chi connectivity index (χ4n) is 3.71. The van der Waals surface area contributed by atoms with Crippen LogP contribution in [0.3, 0.4) is 0 Å². The molecule has 0 unspecified atom stereocenters. The van der Waals surface area contributed by atoms with E-state index in [9.17, 15) is 9.59 Å². The van der Waals surface area contributed by atoms with E-state index in [4.69, 9.17) is 9.84 Å². The van der Waals surface area contributed by atoms with Crippen LogP contribution in [-0.2, 0) is 17.8 Å². The van der Waals surface area contributed by atoms with Crippen LogP contribution < -0.4 is 5.32 Å². The summed E-state index contributed by atoms with van der Waals surface area (Å²) in [6.07, 6.45) is 5.85. The molecule has 5 heteroatoms. The minimum atomic E-state index is -0.889. The SMILES string of the molecule is O=C(NC1CCC(CCc2ccc(C(=O)O)cc2)CC1)OCc1ccccc1. The second-order valence-corrected chi connectivity index (χ2v) is 7.46. The molecule has 0 heterocycles. The number of benzene rings is 2. The Kier molecular flexibility index (Phi) is 7.06. The highest BCUT2D eigenvalue weighted by Gasteiger charge is 2.22. The number of carboxylic acid groups (broad SMARTS) is 1. The van der Waals surface area contributed by atoms with E-state index < -0.39 is 5.97 Å². The summed E-state index contributed by atoms with van der Waals surface area (Å²) in [6.45, 7) is 0.294. The number of carbonyl (C=O) groups excluding carboxylic acids is 1. The Morgan fingerprint density at radius 1 is 0.929 bits per heavy atom. The van der Waals surface area contributed by atoms with E-state index in [2.05, 4.69) is 5.32 Å². The highest BCUT2D eigenvalue weighted by molar-refractivity contribution is 5.87. The molecule has 0 saturated heterocycles. The normalized spacial score (nSPS) is 19.0. The maximum absolute atomic E-state index is 12.0. The van der Waals surface area contributed by atoms with Gasteiger partial charge in [-0.25, -0.2) is 9.59 Å². The summed E-state index contributed by atoms with van der Waals surface area (Å²) >= 11 is 0. The van der Waals surface area contributed by atoms with Crippen molar-refractivity contribution < 1.29 is 19.4 Å². The number of ether oxygens (including phenoxy) is 1. The summed E-state index contributed by atoms with van der Waals surface area (Å²) in [6, 6.07) is 17.0. The molecule has 0 bridgehead atoms. The van der Waals surface area contributed by atoms with E-state index in [0.29, 0.717) is 18.1 Å². The molecule has 2 N–H and O–H groups in total. The number of rotatable bonds is 7. The van der Waals surface area contributed by atoms with E-state index >= 15 is 0 Å². The second kappa shape index (κ2) is 9.93.